The van der Waals surface area contributed by atoms with E-state index in [2.05, 4.69) is 35.5 Å². The highest BCUT2D eigenvalue weighted by molar-refractivity contribution is 7.90. The molecule has 36 heavy (non-hydrogen) atoms. The van der Waals surface area contributed by atoms with E-state index < -0.39 is 15.9 Å². The van der Waals surface area contributed by atoms with Crippen LogP contribution in [0.1, 0.15) is 44.5 Å². The second-order valence-corrected chi connectivity index (χ2v) is 10.9. The maximum Gasteiger partial charge on any atom is 0.268 e. The zero-order valence-electron chi connectivity index (χ0n) is 21.2. The molecule has 1 atom stereocenters. The summed E-state index contributed by atoms with van der Waals surface area (Å²) >= 11 is 0. The van der Waals surface area contributed by atoms with Crippen molar-refractivity contribution in [1.29, 1.82) is 0 Å². The monoisotopic (exact) mass is 521 g/mol. The van der Waals surface area contributed by atoms with Crippen LogP contribution in [0.3, 0.4) is 0 Å². The van der Waals surface area contributed by atoms with E-state index in [9.17, 15) is 13.2 Å². The van der Waals surface area contributed by atoms with E-state index in [-0.39, 0.29) is 28.4 Å². The summed E-state index contributed by atoms with van der Waals surface area (Å²) in [6.45, 7) is 11.0. The number of pyridine rings is 2. The van der Waals surface area contributed by atoms with Gasteiger partial charge in [-0.2, -0.15) is 4.98 Å². The molecule has 11 nitrogen and oxygen atoms in total. The Morgan fingerprint density at radius 3 is 2.58 bits per heavy atom. The van der Waals surface area contributed by atoms with Crippen molar-refractivity contribution in [1.82, 2.24) is 14.7 Å². The molecular formula is C24H35N5O6S. The average molecular weight is 522 g/mol. The molecule has 1 fully saturated rings. The first-order valence-electron chi connectivity index (χ1n) is 11.9. The van der Waals surface area contributed by atoms with Crippen LogP contribution in [0, 0.1) is 5.92 Å². The number of ether oxygens (including phenoxy) is 3. The highest BCUT2D eigenvalue weighted by atomic mass is 32.2. The van der Waals surface area contributed by atoms with Gasteiger partial charge in [-0.1, -0.05) is 6.92 Å². The third kappa shape index (κ3) is 6.83. The molecule has 0 unspecified atom stereocenters. The van der Waals surface area contributed by atoms with Gasteiger partial charge in [-0.05, 0) is 51.3 Å². The highest BCUT2D eigenvalue weighted by Gasteiger charge is 2.39. The predicted molar refractivity (Wildman–Crippen MR) is 136 cm³/mol. The van der Waals surface area contributed by atoms with Crippen molar-refractivity contribution in [3.05, 3.63) is 36.0 Å². The molecule has 0 radical (unpaired) electrons. The standard InChI is InChI=1S/C24H35N5O6S/c1-5-33-11-12-34-13-14-35-20-9-8-18(22(27-20)29-16-17(2)15-24(29,3)4)23(30)28-36(31,32)19-7-6-10-26-21(19)25/h6-10,17H,5,11-16H2,1-4H3,(H2,25,26)(H,28,30)/t17-/m0/s1. The van der Waals surface area contributed by atoms with Crippen molar-refractivity contribution in [3.8, 4) is 5.88 Å². The summed E-state index contributed by atoms with van der Waals surface area (Å²) in [5.74, 6) is 0.00961. The van der Waals surface area contributed by atoms with Crippen molar-refractivity contribution < 1.29 is 27.4 Å². The number of nitrogen functional groups attached to an aromatic ring is 1. The van der Waals surface area contributed by atoms with Gasteiger partial charge in [0.05, 0.1) is 25.4 Å². The van der Waals surface area contributed by atoms with Crippen molar-refractivity contribution in [2.45, 2.75) is 44.6 Å². The number of sulfonamides is 1. The van der Waals surface area contributed by atoms with Gasteiger partial charge in [0.2, 0.25) is 5.88 Å². The number of rotatable bonds is 12. The number of amides is 1. The van der Waals surface area contributed by atoms with Gasteiger partial charge in [0.1, 0.15) is 23.1 Å². The first-order valence-corrected chi connectivity index (χ1v) is 13.4. The van der Waals surface area contributed by atoms with Crippen LogP contribution in [-0.4, -0.2) is 69.4 Å². The summed E-state index contributed by atoms with van der Waals surface area (Å²) < 4.78 is 44.3. The first-order chi connectivity index (χ1) is 17.0. The van der Waals surface area contributed by atoms with Crippen LogP contribution in [0.15, 0.2) is 35.4 Å². The Morgan fingerprint density at radius 2 is 1.92 bits per heavy atom. The fourth-order valence-corrected chi connectivity index (χ4v) is 5.34. The van der Waals surface area contributed by atoms with E-state index in [1.165, 1.54) is 30.5 Å². The second kappa shape index (κ2) is 11.8. The lowest BCUT2D eigenvalue weighted by molar-refractivity contribution is 0.0399. The van der Waals surface area contributed by atoms with Gasteiger partial charge >= 0.3 is 0 Å². The number of carbonyl (C=O) groups is 1. The number of carbonyl (C=O) groups excluding carboxylic acids is 1. The van der Waals surface area contributed by atoms with Crippen LogP contribution in [0.25, 0.3) is 0 Å². The lowest BCUT2D eigenvalue weighted by Gasteiger charge is -2.33. The minimum atomic E-state index is -4.25. The van der Waals surface area contributed by atoms with Crippen LogP contribution < -0.4 is 20.1 Å². The molecule has 3 rings (SSSR count). The van der Waals surface area contributed by atoms with Crippen LogP contribution in [0.2, 0.25) is 0 Å². The fourth-order valence-electron chi connectivity index (χ4n) is 4.29. The van der Waals surface area contributed by atoms with Gasteiger partial charge in [0.15, 0.2) is 0 Å². The van der Waals surface area contributed by atoms with Gasteiger partial charge in [-0.25, -0.2) is 18.1 Å². The molecule has 0 aromatic carbocycles. The molecular weight excluding hydrogens is 486 g/mol. The van der Waals surface area contributed by atoms with Crippen molar-refractivity contribution in [2.75, 3.05) is 50.2 Å². The smallest absolute Gasteiger partial charge is 0.268 e. The molecule has 1 aliphatic rings. The molecule has 0 aliphatic carbocycles. The first kappa shape index (κ1) is 27.6. The van der Waals surface area contributed by atoms with Crippen LogP contribution in [0.5, 0.6) is 5.88 Å². The molecule has 0 bridgehead atoms. The Labute approximate surface area is 212 Å². The number of aromatic nitrogens is 2. The molecule has 198 valence electrons. The van der Waals surface area contributed by atoms with Crippen LogP contribution in [-0.2, 0) is 19.5 Å². The zero-order chi connectivity index (χ0) is 26.3. The SMILES string of the molecule is CCOCCOCCOc1ccc(C(=O)NS(=O)(=O)c2cccnc2N)c(N2C[C@@H](C)CC2(C)C)n1. The van der Waals surface area contributed by atoms with Crippen molar-refractivity contribution in [2.24, 2.45) is 5.92 Å². The molecule has 2 aromatic heterocycles. The number of nitrogens with one attached hydrogen (secondary N) is 1. The quantitative estimate of drug-likeness (QED) is 0.399. The Morgan fingerprint density at radius 1 is 1.19 bits per heavy atom. The molecule has 12 heteroatoms. The summed E-state index contributed by atoms with van der Waals surface area (Å²) in [6, 6.07) is 5.78. The third-order valence-electron chi connectivity index (χ3n) is 5.79. The van der Waals surface area contributed by atoms with Crippen LogP contribution in [0.4, 0.5) is 11.6 Å². The highest BCUT2D eigenvalue weighted by Crippen LogP contribution is 2.38. The summed E-state index contributed by atoms with van der Waals surface area (Å²) in [7, 11) is -4.25. The summed E-state index contributed by atoms with van der Waals surface area (Å²) in [5.41, 5.74) is 5.54. The summed E-state index contributed by atoms with van der Waals surface area (Å²) in [4.78, 5) is 23.4. The Bertz CT molecular complexity index is 1160. The average Bonchev–Trinajstić information content (AvgIpc) is 3.09. The van der Waals surface area contributed by atoms with Crippen molar-refractivity contribution in [3.63, 3.8) is 0 Å². The van der Waals surface area contributed by atoms with Crippen molar-refractivity contribution >= 4 is 27.6 Å². The second-order valence-electron chi connectivity index (χ2n) is 9.23. The molecule has 0 spiro atoms. The van der Waals surface area contributed by atoms with E-state index in [0.29, 0.717) is 50.6 Å². The largest absolute Gasteiger partial charge is 0.475 e. The molecule has 3 heterocycles. The maximum atomic E-state index is 13.2. The number of anilines is 2. The number of hydrogen-bond acceptors (Lipinski definition) is 10. The summed E-state index contributed by atoms with van der Waals surface area (Å²) in [6.07, 6.45) is 2.26. The Kier molecular flexibility index (Phi) is 9.09. The lowest BCUT2D eigenvalue weighted by Crippen LogP contribution is -2.41. The fraction of sp³-hybridized carbons (Fsp3) is 0.542. The van der Waals surface area contributed by atoms with Gasteiger partial charge < -0.3 is 24.8 Å². The zero-order valence-corrected chi connectivity index (χ0v) is 22.0. The van der Waals surface area contributed by atoms with Gasteiger partial charge in [-0.3, -0.25) is 4.79 Å². The number of nitrogens with two attached hydrogens (primary N) is 1. The van der Waals surface area contributed by atoms with Crippen LogP contribution >= 0.6 is 0 Å². The van der Waals surface area contributed by atoms with E-state index in [1.807, 2.05) is 11.8 Å². The number of hydrogen-bond donors (Lipinski definition) is 2. The van der Waals surface area contributed by atoms with E-state index in [4.69, 9.17) is 19.9 Å². The summed E-state index contributed by atoms with van der Waals surface area (Å²) in [5, 5.41) is 0. The van der Waals surface area contributed by atoms with Gasteiger partial charge in [0, 0.05) is 31.0 Å². The molecule has 1 amide bonds. The van der Waals surface area contributed by atoms with Gasteiger partial charge in [0.25, 0.3) is 15.9 Å². The Balaban J connectivity index is 1.82. The van der Waals surface area contributed by atoms with E-state index in [1.54, 1.807) is 0 Å². The number of nitrogens with zero attached hydrogens (tertiary/aromatic N) is 3. The van der Waals surface area contributed by atoms with E-state index >= 15 is 0 Å². The molecule has 1 saturated heterocycles. The molecule has 3 N–H and O–H groups in total. The topological polar surface area (TPSA) is 146 Å². The van der Waals surface area contributed by atoms with Gasteiger partial charge in [-0.15, -0.1) is 0 Å². The molecule has 2 aromatic rings. The normalized spacial score (nSPS) is 17.2. The minimum absolute atomic E-state index is 0.114. The molecule has 0 saturated carbocycles. The lowest BCUT2D eigenvalue weighted by atomic mass is 9.97. The maximum absolute atomic E-state index is 13.2. The molecule has 1 aliphatic heterocycles. The Hall–Kier alpha value is -2.96. The minimum Gasteiger partial charge on any atom is -0.475 e. The predicted octanol–water partition coefficient (Wildman–Crippen LogP) is 2.23. The third-order valence-corrected chi connectivity index (χ3v) is 7.17. The van der Waals surface area contributed by atoms with E-state index in [0.717, 1.165) is 6.42 Å².